The maximum absolute atomic E-state index is 8.89. The number of nitriles is 1. The largest absolute Gasteiger partial charge is 0.475 e. The van der Waals surface area contributed by atoms with E-state index in [1.165, 1.54) is 5.56 Å². The van der Waals surface area contributed by atoms with Crippen LogP contribution >= 0.6 is 0 Å². The highest BCUT2D eigenvalue weighted by atomic mass is 16.5. The Labute approximate surface area is 104 Å². The molecule has 0 aliphatic heterocycles. The molecule has 2 heteroatoms. The molecule has 0 spiro atoms. The van der Waals surface area contributed by atoms with Crippen molar-refractivity contribution < 1.29 is 4.74 Å². The van der Waals surface area contributed by atoms with E-state index in [1.807, 2.05) is 19.9 Å². The van der Waals surface area contributed by atoms with Crippen LogP contribution in [-0.4, -0.2) is 6.10 Å². The fraction of sp³-hybridized carbons (Fsp3) is 0.533. The SMILES string of the molecule is CCC(C#N)Oc1ccc(C(C)(C)C)cc1C. The van der Waals surface area contributed by atoms with Gasteiger partial charge in [-0.2, -0.15) is 5.26 Å². The van der Waals surface area contributed by atoms with Crippen molar-refractivity contribution in [2.75, 3.05) is 0 Å². The van der Waals surface area contributed by atoms with E-state index in [4.69, 9.17) is 10.00 Å². The van der Waals surface area contributed by atoms with Gasteiger partial charge in [0.1, 0.15) is 11.8 Å². The first-order valence-corrected chi connectivity index (χ1v) is 6.06. The Morgan fingerprint density at radius 1 is 1.35 bits per heavy atom. The molecule has 1 rings (SSSR count). The molecule has 2 nitrogen and oxygen atoms in total. The van der Waals surface area contributed by atoms with Gasteiger partial charge >= 0.3 is 0 Å². The summed E-state index contributed by atoms with van der Waals surface area (Å²) < 4.78 is 5.65. The molecule has 0 heterocycles. The highest BCUT2D eigenvalue weighted by molar-refractivity contribution is 5.39. The smallest absolute Gasteiger partial charge is 0.184 e. The molecule has 0 radical (unpaired) electrons. The molecule has 0 N–H and O–H groups in total. The Hall–Kier alpha value is -1.49. The summed E-state index contributed by atoms with van der Waals surface area (Å²) in [6.45, 7) is 10.5. The van der Waals surface area contributed by atoms with E-state index < -0.39 is 0 Å². The molecule has 0 saturated heterocycles. The monoisotopic (exact) mass is 231 g/mol. The van der Waals surface area contributed by atoms with E-state index in [0.29, 0.717) is 6.42 Å². The quantitative estimate of drug-likeness (QED) is 0.788. The molecule has 0 aromatic heterocycles. The summed E-state index contributed by atoms with van der Waals surface area (Å²) in [6, 6.07) is 8.33. The van der Waals surface area contributed by atoms with Crippen molar-refractivity contribution in [3.63, 3.8) is 0 Å². The average molecular weight is 231 g/mol. The molecule has 0 bridgehead atoms. The van der Waals surface area contributed by atoms with Crippen LogP contribution in [0, 0.1) is 18.3 Å². The summed E-state index contributed by atoms with van der Waals surface area (Å²) in [5, 5.41) is 8.89. The predicted molar refractivity (Wildman–Crippen MR) is 70.2 cm³/mol. The third kappa shape index (κ3) is 3.49. The van der Waals surface area contributed by atoms with Gasteiger partial charge in [-0.15, -0.1) is 0 Å². The molecule has 0 amide bonds. The van der Waals surface area contributed by atoms with Crippen LogP contribution in [0.15, 0.2) is 18.2 Å². The minimum absolute atomic E-state index is 0.142. The molecule has 17 heavy (non-hydrogen) atoms. The molecular weight excluding hydrogens is 210 g/mol. The van der Waals surface area contributed by atoms with E-state index in [0.717, 1.165) is 11.3 Å². The number of rotatable bonds is 3. The van der Waals surface area contributed by atoms with Gasteiger partial charge in [-0.1, -0.05) is 39.8 Å². The van der Waals surface area contributed by atoms with Crippen molar-refractivity contribution in [3.05, 3.63) is 29.3 Å². The third-order valence-corrected chi connectivity index (χ3v) is 2.82. The van der Waals surface area contributed by atoms with Crippen LogP contribution in [0.4, 0.5) is 0 Å². The van der Waals surface area contributed by atoms with Gasteiger partial charge in [0, 0.05) is 0 Å². The summed E-state index contributed by atoms with van der Waals surface area (Å²) in [5.74, 6) is 0.811. The first-order chi connectivity index (χ1) is 7.88. The lowest BCUT2D eigenvalue weighted by Gasteiger charge is -2.21. The maximum atomic E-state index is 8.89. The molecule has 0 aliphatic carbocycles. The van der Waals surface area contributed by atoms with Crippen molar-refractivity contribution in [2.45, 2.75) is 52.6 Å². The van der Waals surface area contributed by atoms with Crippen LogP contribution < -0.4 is 4.74 Å². The molecule has 0 fully saturated rings. The van der Waals surface area contributed by atoms with Crippen LogP contribution in [0.1, 0.15) is 45.2 Å². The maximum Gasteiger partial charge on any atom is 0.184 e. The number of ether oxygens (including phenoxy) is 1. The van der Waals surface area contributed by atoms with Gasteiger partial charge in [0.05, 0.1) is 0 Å². The molecule has 92 valence electrons. The van der Waals surface area contributed by atoms with E-state index in [9.17, 15) is 0 Å². The predicted octanol–water partition coefficient (Wildman–Crippen LogP) is 3.97. The van der Waals surface area contributed by atoms with Crippen LogP contribution in [0.2, 0.25) is 0 Å². The van der Waals surface area contributed by atoms with Crippen molar-refractivity contribution in [3.8, 4) is 11.8 Å². The second-order valence-electron chi connectivity index (χ2n) is 5.37. The normalized spacial score (nSPS) is 12.9. The summed E-state index contributed by atoms with van der Waals surface area (Å²) in [7, 11) is 0. The Balaban J connectivity index is 2.95. The van der Waals surface area contributed by atoms with E-state index >= 15 is 0 Å². The lowest BCUT2D eigenvalue weighted by molar-refractivity contribution is 0.250. The van der Waals surface area contributed by atoms with Crippen molar-refractivity contribution in [1.82, 2.24) is 0 Å². The first-order valence-electron chi connectivity index (χ1n) is 6.06. The van der Waals surface area contributed by atoms with Gasteiger partial charge in [0.15, 0.2) is 6.10 Å². The topological polar surface area (TPSA) is 33.0 Å². The van der Waals surface area contributed by atoms with Crippen LogP contribution in [0.3, 0.4) is 0 Å². The van der Waals surface area contributed by atoms with Gasteiger partial charge in [0.2, 0.25) is 0 Å². The standard InChI is InChI=1S/C15H21NO/c1-6-13(10-16)17-14-8-7-12(9-11(14)2)15(3,4)5/h7-9,13H,6H2,1-5H3. The molecule has 0 saturated carbocycles. The van der Waals surface area contributed by atoms with Gasteiger partial charge in [-0.05, 0) is 36.0 Å². The fourth-order valence-corrected chi connectivity index (χ4v) is 1.60. The second kappa shape index (κ2) is 5.23. The molecule has 1 aromatic carbocycles. The van der Waals surface area contributed by atoms with E-state index in [2.05, 4.69) is 39.0 Å². The number of aryl methyl sites for hydroxylation is 1. The Morgan fingerprint density at radius 2 is 2.00 bits per heavy atom. The molecule has 1 unspecified atom stereocenters. The minimum Gasteiger partial charge on any atom is -0.475 e. The Morgan fingerprint density at radius 3 is 2.41 bits per heavy atom. The molecule has 0 aliphatic rings. The fourth-order valence-electron chi connectivity index (χ4n) is 1.60. The highest BCUT2D eigenvalue weighted by Crippen LogP contribution is 2.28. The minimum atomic E-state index is -0.353. The van der Waals surface area contributed by atoms with Crippen molar-refractivity contribution >= 4 is 0 Å². The van der Waals surface area contributed by atoms with Gasteiger partial charge in [-0.25, -0.2) is 0 Å². The molecular formula is C15H21NO. The lowest BCUT2D eigenvalue weighted by Crippen LogP contribution is -2.14. The zero-order chi connectivity index (χ0) is 13.1. The number of nitrogens with zero attached hydrogens (tertiary/aromatic N) is 1. The third-order valence-electron chi connectivity index (χ3n) is 2.82. The Kier molecular flexibility index (Phi) is 4.17. The van der Waals surface area contributed by atoms with Gasteiger partial charge < -0.3 is 4.74 Å². The summed E-state index contributed by atoms with van der Waals surface area (Å²) in [4.78, 5) is 0. The van der Waals surface area contributed by atoms with Gasteiger partial charge in [0.25, 0.3) is 0 Å². The van der Waals surface area contributed by atoms with Gasteiger partial charge in [-0.3, -0.25) is 0 Å². The molecule has 1 aromatic rings. The van der Waals surface area contributed by atoms with E-state index in [-0.39, 0.29) is 11.5 Å². The van der Waals surface area contributed by atoms with Crippen molar-refractivity contribution in [2.24, 2.45) is 0 Å². The number of hydrogen-bond donors (Lipinski definition) is 0. The molecule has 1 atom stereocenters. The lowest BCUT2D eigenvalue weighted by atomic mass is 9.86. The summed E-state index contributed by atoms with van der Waals surface area (Å²) in [6.07, 6.45) is 0.353. The first kappa shape index (κ1) is 13.6. The zero-order valence-electron chi connectivity index (χ0n) is 11.4. The average Bonchev–Trinajstić information content (AvgIpc) is 2.26. The van der Waals surface area contributed by atoms with Crippen LogP contribution in [0.5, 0.6) is 5.75 Å². The van der Waals surface area contributed by atoms with Crippen molar-refractivity contribution in [1.29, 1.82) is 5.26 Å². The second-order valence-corrected chi connectivity index (χ2v) is 5.37. The number of hydrogen-bond acceptors (Lipinski definition) is 2. The zero-order valence-corrected chi connectivity index (χ0v) is 11.4. The van der Waals surface area contributed by atoms with Crippen LogP contribution in [-0.2, 0) is 5.41 Å². The summed E-state index contributed by atoms with van der Waals surface area (Å²) >= 11 is 0. The highest BCUT2D eigenvalue weighted by Gasteiger charge is 2.15. The number of benzene rings is 1. The summed E-state index contributed by atoms with van der Waals surface area (Å²) in [5.41, 5.74) is 2.52. The Bertz CT molecular complexity index is 424. The van der Waals surface area contributed by atoms with E-state index in [1.54, 1.807) is 0 Å². The van der Waals surface area contributed by atoms with Crippen LogP contribution in [0.25, 0.3) is 0 Å².